The first-order valence-electron chi connectivity index (χ1n) is 8.22. The number of carboxylic acids is 1. The summed E-state index contributed by atoms with van der Waals surface area (Å²) in [5.41, 5.74) is 0.724. The van der Waals surface area contributed by atoms with Crippen molar-refractivity contribution in [2.24, 2.45) is 0 Å². The molecule has 0 aromatic heterocycles. The van der Waals surface area contributed by atoms with Gasteiger partial charge in [-0.15, -0.1) is 0 Å². The number of aliphatic carboxylic acids is 1. The molecule has 9 heteroatoms. The maximum Gasteiger partial charge on any atom is 0.422 e. The van der Waals surface area contributed by atoms with Crippen molar-refractivity contribution in [3.05, 3.63) is 60.2 Å². The molecule has 0 saturated heterocycles. The number of carboxylic acid groups (broad SMARTS) is 1. The minimum Gasteiger partial charge on any atom is -0.480 e. The smallest absolute Gasteiger partial charge is 0.422 e. The molecular formula is C19H18F3NO5. The van der Waals surface area contributed by atoms with Crippen LogP contribution >= 0.6 is 0 Å². The molecule has 2 N–H and O–H groups in total. The molecule has 0 fully saturated rings. The highest BCUT2D eigenvalue weighted by molar-refractivity contribution is 5.84. The van der Waals surface area contributed by atoms with Crippen LogP contribution in [-0.2, 0) is 16.0 Å². The van der Waals surface area contributed by atoms with E-state index in [0.29, 0.717) is 0 Å². The van der Waals surface area contributed by atoms with E-state index in [2.05, 4.69) is 10.1 Å². The zero-order valence-electron chi connectivity index (χ0n) is 14.6. The average Bonchev–Trinajstić information content (AvgIpc) is 2.65. The fraction of sp³-hybridized carbons (Fsp3) is 0.263. The highest BCUT2D eigenvalue weighted by Crippen LogP contribution is 2.28. The Morgan fingerprint density at radius 2 is 1.54 bits per heavy atom. The molecule has 0 aliphatic carbocycles. The Labute approximate surface area is 158 Å². The maximum absolute atomic E-state index is 12.3. The number of rotatable bonds is 9. The number of carbonyl (C=O) groups is 2. The Balaban J connectivity index is 1.93. The number of amides is 1. The third kappa shape index (κ3) is 7.18. The summed E-state index contributed by atoms with van der Waals surface area (Å²) < 4.78 is 46.8. The molecule has 2 aromatic carbocycles. The molecule has 0 radical (unpaired) electrons. The highest BCUT2D eigenvalue weighted by atomic mass is 19.4. The summed E-state index contributed by atoms with van der Waals surface area (Å²) in [4.78, 5) is 23.4. The summed E-state index contributed by atoms with van der Waals surface area (Å²) in [5.74, 6) is -2.18. The van der Waals surface area contributed by atoms with E-state index in [1.165, 1.54) is 24.3 Å². The average molecular weight is 397 g/mol. The topological polar surface area (TPSA) is 84.9 Å². The van der Waals surface area contributed by atoms with Crippen LogP contribution in [0, 0.1) is 0 Å². The molecule has 0 aliphatic rings. The number of alkyl halides is 3. The molecule has 6 nitrogen and oxygen atoms in total. The van der Waals surface area contributed by atoms with Crippen LogP contribution in [0.25, 0.3) is 0 Å². The molecule has 0 spiro atoms. The van der Waals surface area contributed by atoms with Crippen molar-refractivity contribution >= 4 is 11.9 Å². The second-order valence-electron chi connectivity index (χ2n) is 5.79. The number of hydrogen-bond donors (Lipinski definition) is 2. The van der Waals surface area contributed by atoms with Crippen molar-refractivity contribution in [3.8, 4) is 11.5 Å². The van der Waals surface area contributed by atoms with Crippen molar-refractivity contribution in [1.29, 1.82) is 0 Å². The number of nitrogens with one attached hydrogen (secondary N) is 1. The van der Waals surface area contributed by atoms with E-state index < -0.39 is 37.3 Å². The fourth-order valence-electron chi connectivity index (χ4n) is 2.28. The van der Waals surface area contributed by atoms with Gasteiger partial charge in [0.2, 0.25) is 0 Å². The first-order valence-corrected chi connectivity index (χ1v) is 8.22. The van der Waals surface area contributed by atoms with Crippen molar-refractivity contribution in [2.45, 2.75) is 18.6 Å². The fourth-order valence-corrected chi connectivity index (χ4v) is 2.28. The summed E-state index contributed by atoms with van der Waals surface area (Å²) in [7, 11) is 0. The van der Waals surface area contributed by atoms with E-state index in [4.69, 9.17) is 4.74 Å². The number of ether oxygens (including phenoxy) is 2. The molecular weight excluding hydrogens is 379 g/mol. The molecule has 0 aliphatic heterocycles. The molecule has 28 heavy (non-hydrogen) atoms. The summed E-state index contributed by atoms with van der Waals surface area (Å²) in [6.07, 6.45) is -4.44. The molecule has 0 saturated carbocycles. The van der Waals surface area contributed by atoms with Gasteiger partial charge in [-0.1, -0.05) is 42.5 Å². The van der Waals surface area contributed by atoms with Crippen molar-refractivity contribution in [2.75, 3.05) is 13.2 Å². The van der Waals surface area contributed by atoms with Gasteiger partial charge < -0.3 is 19.9 Å². The van der Waals surface area contributed by atoms with E-state index in [9.17, 15) is 27.9 Å². The molecule has 1 atom stereocenters. The lowest BCUT2D eigenvalue weighted by Gasteiger charge is -2.16. The highest BCUT2D eigenvalue weighted by Gasteiger charge is 2.29. The Bertz CT molecular complexity index is 796. The maximum atomic E-state index is 12.3. The third-order valence-corrected chi connectivity index (χ3v) is 3.52. The molecule has 2 rings (SSSR count). The molecule has 1 amide bonds. The zero-order valence-corrected chi connectivity index (χ0v) is 14.6. The number of carbonyl (C=O) groups excluding carboxylic acids is 1. The molecule has 0 bridgehead atoms. The summed E-state index contributed by atoms with van der Waals surface area (Å²) in [6, 6.07) is 13.1. The Morgan fingerprint density at radius 3 is 2.11 bits per heavy atom. The minimum absolute atomic E-state index is 0.0585. The predicted molar refractivity (Wildman–Crippen MR) is 93.2 cm³/mol. The quantitative estimate of drug-likeness (QED) is 0.680. The van der Waals surface area contributed by atoms with Crippen LogP contribution in [0.1, 0.15) is 5.56 Å². The summed E-state index contributed by atoms with van der Waals surface area (Å²) in [6.45, 7) is -2.08. The van der Waals surface area contributed by atoms with E-state index >= 15 is 0 Å². The molecule has 0 unspecified atom stereocenters. The Morgan fingerprint density at radius 1 is 0.964 bits per heavy atom. The van der Waals surface area contributed by atoms with Crippen LogP contribution in [0.4, 0.5) is 13.2 Å². The Hall–Kier alpha value is -3.23. The minimum atomic E-state index is -4.52. The van der Waals surface area contributed by atoms with E-state index in [-0.39, 0.29) is 17.9 Å². The lowest BCUT2D eigenvalue weighted by molar-refractivity contribution is -0.153. The van der Waals surface area contributed by atoms with Gasteiger partial charge in [0.15, 0.2) is 24.7 Å². The van der Waals surface area contributed by atoms with Crippen molar-refractivity contribution in [3.63, 3.8) is 0 Å². The van der Waals surface area contributed by atoms with Gasteiger partial charge in [0.05, 0.1) is 0 Å². The van der Waals surface area contributed by atoms with Gasteiger partial charge in [-0.3, -0.25) is 4.79 Å². The SMILES string of the molecule is O=C(COc1ccccc1OCC(F)(F)F)N[C@@H](Cc1ccccc1)C(=O)O. The van der Waals surface area contributed by atoms with Crippen LogP contribution in [0.5, 0.6) is 11.5 Å². The van der Waals surface area contributed by atoms with Crippen molar-refractivity contribution < 1.29 is 37.3 Å². The van der Waals surface area contributed by atoms with Crippen LogP contribution < -0.4 is 14.8 Å². The van der Waals surface area contributed by atoms with Gasteiger partial charge in [-0.2, -0.15) is 13.2 Å². The van der Waals surface area contributed by atoms with E-state index in [0.717, 1.165) is 5.56 Å². The van der Waals surface area contributed by atoms with E-state index in [1.807, 2.05) is 0 Å². The number of para-hydroxylation sites is 2. The van der Waals surface area contributed by atoms with Crippen LogP contribution in [0.3, 0.4) is 0 Å². The van der Waals surface area contributed by atoms with Crippen LogP contribution in [-0.4, -0.2) is 42.4 Å². The van der Waals surface area contributed by atoms with Gasteiger partial charge in [-0.25, -0.2) is 4.79 Å². The van der Waals surface area contributed by atoms with Gasteiger partial charge in [0, 0.05) is 6.42 Å². The number of benzene rings is 2. The van der Waals surface area contributed by atoms with Gasteiger partial charge in [-0.05, 0) is 17.7 Å². The van der Waals surface area contributed by atoms with Crippen LogP contribution in [0.2, 0.25) is 0 Å². The predicted octanol–water partition coefficient (Wildman–Crippen LogP) is 2.82. The standard InChI is InChI=1S/C19H18F3NO5/c20-19(21,22)12-28-16-9-5-4-8-15(16)27-11-17(24)23-14(18(25)26)10-13-6-2-1-3-7-13/h1-9,14H,10-12H2,(H,23,24)(H,25,26)/t14-/m0/s1. The van der Waals surface area contributed by atoms with Gasteiger partial charge in [0.1, 0.15) is 6.04 Å². The Kier molecular flexibility index (Phi) is 7.25. The first-order chi connectivity index (χ1) is 13.2. The van der Waals surface area contributed by atoms with Crippen molar-refractivity contribution in [1.82, 2.24) is 5.32 Å². The first kappa shape index (κ1) is 21.1. The number of halogens is 3. The van der Waals surface area contributed by atoms with E-state index in [1.54, 1.807) is 30.3 Å². The number of hydrogen-bond acceptors (Lipinski definition) is 4. The zero-order chi connectivity index (χ0) is 20.6. The molecule has 150 valence electrons. The second-order valence-corrected chi connectivity index (χ2v) is 5.79. The third-order valence-electron chi connectivity index (χ3n) is 3.52. The second kappa shape index (κ2) is 9.63. The molecule has 2 aromatic rings. The molecule has 0 heterocycles. The monoisotopic (exact) mass is 397 g/mol. The summed E-state index contributed by atoms with van der Waals surface area (Å²) in [5, 5.41) is 11.6. The van der Waals surface area contributed by atoms with Gasteiger partial charge in [0.25, 0.3) is 5.91 Å². The lowest BCUT2D eigenvalue weighted by atomic mass is 10.1. The normalized spacial score (nSPS) is 12.1. The summed E-state index contributed by atoms with van der Waals surface area (Å²) >= 11 is 0. The van der Waals surface area contributed by atoms with Gasteiger partial charge >= 0.3 is 12.1 Å². The lowest BCUT2D eigenvalue weighted by Crippen LogP contribution is -2.44. The van der Waals surface area contributed by atoms with Crippen LogP contribution in [0.15, 0.2) is 54.6 Å². The largest absolute Gasteiger partial charge is 0.480 e.